The van der Waals surface area contributed by atoms with Gasteiger partial charge < -0.3 is 5.32 Å². The molecule has 0 radical (unpaired) electrons. The predicted octanol–water partition coefficient (Wildman–Crippen LogP) is 3.18. The van der Waals surface area contributed by atoms with Gasteiger partial charge in [0.15, 0.2) is 16.5 Å². The van der Waals surface area contributed by atoms with Crippen molar-refractivity contribution in [1.82, 2.24) is 20.3 Å². The van der Waals surface area contributed by atoms with E-state index in [9.17, 15) is 13.2 Å². The zero-order valence-corrected chi connectivity index (χ0v) is 12.1. The number of halogens is 3. The number of nitrogens with zero attached hydrogens (tertiary/aromatic N) is 3. The smallest absolute Gasteiger partial charge is 0.309 e. The van der Waals surface area contributed by atoms with Crippen LogP contribution in [0.2, 0.25) is 0 Å². The van der Waals surface area contributed by atoms with E-state index in [0.717, 1.165) is 29.7 Å². The van der Waals surface area contributed by atoms with E-state index in [0.29, 0.717) is 6.04 Å². The molecule has 0 spiro atoms. The van der Waals surface area contributed by atoms with Crippen LogP contribution in [0.15, 0.2) is 12.4 Å². The SMILES string of the molecule is Cc1cnc(-c2nc(C(F)(F)F)c(CNC3CC3)s2)nc1. The summed E-state index contributed by atoms with van der Waals surface area (Å²) in [5.41, 5.74) is 0.0156. The van der Waals surface area contributed by atoms with Gasteiger partial charge >= 0.3 is 6.18 Å². The Balaban J connectivity index is 1.91. The number of rotatable bonds is 4. The Bertz CT molecular complexity index is 632. The molecule has 21 heavy (non-hydrogen) atoms. The van der Waals surface area contributed by atoms with Crippen LogP contribution in [-0.4, -0.2) is 21.0 Å². The van der Waals surface area contributed by atoms with Gasteiger partial charge in [-0.2, -0.15) is 13.2 Å². The number of nitrogens with one attached hydrogen (secondary N) is 1. The average molecular weight is 314 g/mol. The Labute approximate surface area is 123 Å². The Hall–Kier alpha value is -1.54. The minimum atomic E-state index is -4.46. The third-order valence-electron chi connectivity index (χ3n) is 3.07. The van der Waals surface area contributed by atoms with E-state index in [1.807, 2.05) is 6.92 Å². The average Bonchev–Trinajstić information content (AvgIpc) is 3.14. The fraction of sp³-hybridized carbons (Fsp3) is 0.462. The van der Waals surface area contributed by atoms with Crippen molar-refractivity contribution in [3.8, 4) is 10.8 Å². The van der Waals surface area contributed by atoms with Crippen molar-refractivity contribution in [3.63, 3.8) is 0 Å². The van der Waals surface area contributed by atoms with E-state index < -0.39 is 11.9 Å². The highest BCUT2D eigenvalue weighted by Crippen LogP contribution is 2.37. The van der Waals surface area contributed by atoms with Crippen LogP contribution < -0.4 is 5.32 Å². The normalized spacial score (nSPS) is 15.4. The third kappa shape index (κ3) is 3.38. The van der Waals surface area contributed by atoms with E-state index in [4.69, 9.17) is 0 Å². The summed E-state index contributed by atoms with van der Waals surface area (Å²) in [6.07, 6.45) is 0.723. The minimum absolute atomic E-state index is 0.184. The lowest BCUT2D eigenvalue weighted by molar-refractivity contribution is -0.141. The number of hydrogen-bond donors (Lipinski definition) is 1. The summed E-state index contributed by atoms with van der Waals surface area (Å²) in [6.45, 7) is 2.00. The van der Waals surface area contributed by atoms with Crippen LogP contribution in [-0.2, 0) is 12.7 Å². The van der Waals surface area contributed by atoms with E-state index >= 15 is 0 Å². The molecule has 1 fully saturated rings. The second-order valence-corrected chi connectivity index (χ2v) is 6.11. The second kappa shape index (κ2) is 5.34. The highest BCUT2D eigenvalue weighted by Gasteiger charge is 2.38. The van der Waals surface area contributed by atoms with Crippen LogP contribution >= 0.6 is 11.3 Å². The zero-order chi connectivity index (χ0) is 15.0. The summed E-state index contributed by atoms with van der Waals surface area (Å²) in [6, 6.07) is 0.340. The number of thiazole rings is 1. The molecule has 112 valence electrons. The highest BCUT2D eigenvalue weighted by molar-refractivity contribution is 7.15. The quantitative estimate of drug-likeness (QED) is 0.942. The van der Waals surface area contributed by atoms with Gasteiger partial charge in [0.1, 0.15) is 0 Å². The first kappa shape index (κ1) is 14.4. The molecule has 2 heterocycles. The van der Waals surface area contributed by atoms with Crippen molar-refractivity contribution in [2.45, 2.75) is 38.5 Å². The summed E-state index contributed by atoms with van der Waals surface area (Å²) < 4.78 is 39.2. The van der Waals surface area contributed by atoms with Gasteiger partial charge in [-0.15, -0.1) is 11.3 Å². The summed E-state index contributed by atoms with van der Waals surface area (Å²) >= 11 is 0.996. The first-order valence-corrected chi connectivity index (χ1v) is 7.34. The molecule has 0 unspecified atom stereocenters. The predicted molar refractivity (Wildman–Crippen MR) is 72.7 cm³/mol. The van der Waals surface area contributed by atoms with Gasteiger partial charge in [-0.1, -0.05) is 0 Å². The molecule has 0 amide bonds. The number of hydrogen-bond acceptors (Lipinski definition) is 5. The lowest BCUT2D eigenvalue weighted by Crippen LogP contribution is -2.18. The monoisotopic (exact) mass is 314 g/mol. The molecule has 0 bridgehead atoms. The molecule has 8 heteroatoms. The minimum Gasteiger partial charge on any atom is -0.309 e. The third-order valence-corrected chi connectivity index (χ3v) is 4.12. The van der Waals surface area contributed by atoms with Gasteiger partial charge in [-0.05, 0) is 25.3 Å². The fourth-order valence-electron chi connectivity index (χ4n) is 1.82. The molecule has 1 N–H and O–H groups in total. The first-order valence-electron chi connectivity index (χ1n) is 6.53. The Kier molecular flexibility index (Phi) is 3.66. The van der Waals surface area contributed by atoms with Gasteiger partial charge in [0.05, 0.1) is 4.88 Å². The lowest BCUT2D eigenvalue weighted by atomic mass is 10.3. The standard InChI is InChI=1S/C13H13F3N4S/c1-7-4-18-11(19-5-7)12-20-10(13(14,15)16)9(21-12)6-17-8-2-3-8/h4-5,8,17H,2-3,6H2,1H3. The summed E-state index contributed by atoms with van der Waals surface area (Å²) in [5.74, 6) is 0.230. The number of alkyl halides is 3. The maximum absolute atomic E-state index is 13.1. The van der Waals surface area contributed by atoms with Gasteiger partial charge in [-0.25, -0.2) is 15.0 Å². The Morgan fingerprint density at radius 1 is 1.29 bits per heavy atom. The van der Waals surface area contributed by atoms with Gasteiger partial charge in [0.25, 0.3) is 0 Å². The van der Waals surface area contributed by atoms with Crippen molar-refractivity contribution < 1.29 is 13.2 Å². The van der Waals surface area contributed by atoms with E-state index in [-0.39, 0.29) is 22.3 Å². The first-order chi connectivity index (χ1) is 9.93. The molecule has 1 aliphatic rings. The van der Waals surface area contributed by atoms with E-state index in [1.54, 1.807) is 12.4 Å². The summed E-state index contributed by atoms with van der Waals surface area (Å²) in [5, 5.41) is 3.29. The van der Waals surface area contributed by atoms with Crippen molar-refractivity contribution >= 4 is 11.3 Å². The van der Waals surface area contributed by atoms with Gasteiger partial charge in [0, 0.05) is 25.0 Å². The molecular weight excluding hydrogens is 301 g/mol. The molecule has 1 saturated carbocycles. The Morgan fingerprint density at radius 2 is 1.95 bits per heavy atom. The molecular formula is C13H13F3N4S. The molecule has 1 aliphatic carbocycles. The maximum atomic E-state index is 13.1. The van der Waals surface area contributed by atoms with E-state index in [2.05, 4.69) is 20.3 Å². The molecule has 2 aromatic heterocycles. The maximum Gasteiger partial charge on any atom is 0.434 e. The topological polar surface area (TPSA) is 50.7 Å². The largest absolute Gasteiger partial charge is 0.434 e. The van der Waals surface area contributed by atoms with E-state index in [1.165, 1.54) is 0 Å². The zero-order valence-electron chi connectivity index (χ0n) is 11.2. The molecule has 0 saturated heterocycles. The van der Waals surface area contributed by atoms with Crippen LogP contribution in [0, 0.1) is 6.92 Å². The number of aryl methyl sites for hydroxylation is 1. The summed E-state index contributed by atoms with van der Waals surface area (Å²) in [4.78, 5) is 12.0. The summed E-state index contributed by atoms with van der Waals surface area (Å²) in [7, 11) is 0. The molecule has 2 aromatic rings. The fourth-order valence-corrected chi connectivity index (χ4v) is 2.80. The molecule has 4 nitrogen and oxygen atoms in total. The Morgan fingerprint density at radius 3 is 2.52 bits per heavy atom. The van der Waals surface area contributed by atoms with Crippen molar-refractivity contribution in [3.05, 3.63) is 28.5 Å². The van der Waals surface area contributed by atoms with Crippen molar-refractivity contribution in [2.75, 3.05) is 0 Å². The van der Waals surface area contributed by atoms with Gasteiger partial charge in [0.2, 0.25) is 0 Å². The van der Waals surface area contributed by atoms with Crippen LogP contribution in [0.1, 0.15) is 29.0 Å². The number of aromatic nitrogens is 3. The molecule has 0 atom stereocenters. The second-order valence-electron chi connectivity index (χ2n) is 5.03. The van der Waals surface area contributed by atoms with Crippen molar-refractivity contribution in [2.24, 2.45) is 0 Å². The van der Waals surface area contributed by atoms with Crippen LogP contribution in [0.5, 0.6) is 0 Å². The van der Waals surface area contributed by atoms with Crippen LogP contribution in [0.4, 0.5) is 13.2 Å². The lowest BCUT2D eigenvalue weighted by Gasteiger charge is -2.06. The van der Waals surface area contributed by atoms with Crippen LogP contribution in [0.25, 0.3) is 10.8 Å². The molecule has 0 aromatic carbocycles. The van der Waals surface area contributed by atoms with Crippen LogP contribution in [0.3, 0.4) is 0 Å². The molecule has 0 aliphatic heterocycles. The highest BCUT2D eigenvalue weighted by atomic mass is 32.1. The van der Waals surface area contributed by atoms with Crippen molar-refractivity contribution in [1.29, 1.82) is 0 Å². The molecule has 3 rings (SSSR count). The van der Waals surface area contributed by atoms with Gasteiger partial charge in [-0.3, -0.25) is 0 Å².